The van der Waals surface area contributed by atoms with Crippen molar-refractivity contribution >= 4 is 11.9 Å². The number of hydrogen-bond acceptors (Lipinski definition) is 3. The molecule has 0 aliphatic heterocycles. The molecule has 2 atom stereocenters. The Morgan fingerprint density at radius 1 is 1.30 bits per heavy atom. The van der Waals surface area contributed by atoms with Gasteiger partial charge in [-0.05, 0) is 32.4 Å². The van der Waals surface area contributed by atoms with Gasteiger partial charge in [-0.25, -0.2) is 0 Å². The Labute approximate surface area is 118 Å². The number of carbonyl (C=O) groups is 2. The highest BCUT2D eigenvalue weighted by Gasteiger charge is 2.19. The molecule has 0 saturated carbocycles. The lowest BCUT2D eigenvalue weighted by molar-refractivity contribution is -0.141. The lowest BCUT2D eigenvalue weighted by atomic mass is 10.1. The normalized spacial score (nSPS) is 13.3. The molecule has 0 aliphatic carbocycles. The summed E-state index contributed by atoms with van der Waals surface area (Å²) in [4.78, 5) is 22.7. The number of aliphatic carboxylic acids is 1. The number of rotatable bonds is 7. The number of carboxylic acid groups (broad SMARTS) is 1. The molecule has 5 nitrogen and oxygen atoms in total. The van der Waals surface area contributed by atoms with Gasteiger partial charge in [0.05, 0.1) is 5.92 Å². The maximum absolute atomic E-state index is 11.8. The van der Waals surface area contributed by atoms with E-state index in [1.807, 2.05) is 19.1 Å². The van der Waals surface area contributed by atoms with Gasteiger partial charge in [-0.15, -0.1) is 0 Å². The highest BCUT2D eigenvalue weighted by Crippen LogP contribution is 2.13. The monoisotopic (exact) mass is 279 g/mol. The minimum absolute atomic E-state index is 0.117. The van der Waals surface area contributed by atoms with Crippen molar-refractivity contribution in [1.29, 1.82) is 0 Å². The zero-order valence-corrected chi connectivity index (χ0v) is 12.1. The first-order chi connectivity index (χ1) is 9.43. The summed E-state index contributed by atoms with van der Waals surface area (Å²) in [6.45, 7) is 5.50. The number of amides is 1. The smallest absolute Gasteiger partial charge is 0.308 e. The zero-order valence-electron chi connectivity index (χ0n) is 12.1. The quantitative estimate of drug-likeness (QED) is 0.800. The molecule has 0 aliphatic rings. The molecule has 1 aromatic carbocycles. The van der Waals surface area contributed by atoms with Crippen molar-refractivity contribution in [3.05, 3.63) is 29.8 Å². The van der Waals surface area contributed by atoms with E-state index in [1.54, 1.807) is 26.0 Å². The number of aryl methyl sites for hydroxylation is 1. The maximum atomic E-state index is 11.8. The summed E-state index contributed by atoms with van der Waals surface area (Å²) in [7, 11) is 0. The van der Waals surface area contributed by atoms with Crippen LogP contribution in [0.3, 0.4) is 0 Å². The van der Waals surface area contributed by atoms with Gasteiger partial charge in [-0.1, -0.05) is 24.6 Å². The van der Waals surface area contributed by atoms with Crippen LogP contribution in [0.15, 0.2) is 24.3 Å². The summed E-state index contributed by atoms with van der Waals surface area (Å²) in [5.74, 6) is -1.17. The molecule has 20 heavy (non-hydrogen) atoms. The summed E-state index contributed by atoms with van der Waals surface area (Å²) in [6.07, 6.45) is -0.188. The third-order valence-electron chi connectivity index (χ3n) is 3.07. The minimum Gasteiger partial charge on any atom is -0.481 e. The summed E-state index contributed by atoms with van der Waals surface area (Å²) >= 11 is 0. The van der Waals surface area contributed by atoms with Gasteiger partial charge in [0, 0.05) is 6.54 Å². The molecular weight excluding hydrogens is 258 g/mol. The van der Waals surface area contributed by atoms with Crippen molar-refractivity contribution in [2.24, 2.45) is 5.92 Å². The predicted octanol–water partition coefficient (Wildman–Crippen LogP) is 1.99. The zero-order chi connectivity index (χ0) is 15.1. The van der Waals surface area contributed by atoms with Crippen molar-refractivity contribution in [1.82, 2.24) is 5.32 Å². The molecule has 5 heteroatoms. The Hall–Kier alpha value is -2.04. The molecule has 2 unspecified atom stereocenters. The van der Waals surface area contributed by atoms with Crippen LogP contribution in [0.1, 0.15) is 25.8 Å². The standard InChI is InChI=1S/C15H21NO4/c1-4-12(15(18)19)9-16-14(17)11(3)20-13-7-5-10(2)6-8-13/h5-8,11-12H,4,9H2,1-3H3,(H,16,17)(H,18,19). The topological polar surface area (TPSA) is 75.6 Å². The van der Waals surface area contributed by atoms with Crippen LogP contribution in [0.2, 0.25) is 0 Å². The molecule has 0 spiro atoms. The second kappa shape index (κ2) is 7.53. The maximum Gasteiger partial charge on any atom is 0.308 e. The number of nitrogens with one attached hydrogen (secondary N) is 1. The van der Waals surface area contributed by atoms with E-state index >= 15 is 0 Å². The van der Waals surface area contributed by atoms with Gasteiger partial charge in [-0.2, -0.15) is 0 Å². The minimum atomic E-state index is -0.903. The molecule has 0 radical (unpaired) electrons. The van der Waals surface area contributed by atoms with Crippen LogP contribution in [-0.4, -0.2) is 29.6 Å². The lowest BCUT2D eigenvalue weighted by Crippen LogP contribution is -2.40. The summed E-state index contributed by atoms with van der Waals surface area (Å²) < 4.78 is 5.50. The van der Waals surface area contributed by atoms with Crippen LogP contribution in [-0.2, 0) is 9.59 Å². The predicted molar refractivity (Wildman–Crippen MR) is 75.7 cm³/mol. The molecule has 0 fully saturated rings. The average molecular weight is 279 g/mol. The number of benzene rings is 1. The SMILES string of the molecule is CCC(CNC(=O)C(C)Oc1ccc(C)cc1)C(=O)O. The second-order valence-electron chi connectivity index (χ2n) is 4.76. The third kappa shape index (κ3) is 4.91. The van der Waals surface area contributed by atoms with Crippen LogP contribution in [0.25, 0.3) is 0 Å². The first kappa shape index (κ1) is 16.0. The molecule has 2 N–H and O–H groups in total. The van der Waals surface area contributed by atoms with Gasteiger partial charge < -0.3 is 15.2 Å². The molecule has 110 valence electrons. The lowest BCUT2D eigenvalue weighted by Gasteiger charge is -2.16. The van der Waals surface area contributed by atoms with Crippen LogP contribution in [0.4, 0.5) is 0 Å². The fourth-order valence-corrected chi connectivity index (χ4v) is 1.65. The van der Waals surface area contributed by atoms with Crippen molar-refractivity contribution < 1.29 is 19.4 Å². The van der Waals surface area contributed by atoms with Gasteiger partial charge in [0.25, 0.3) is 5.91 Å². The van der Waals surface area contributed by atoms with Gasteiger partial charge >= 0.3 is 5.97 Å². The van der Waals surface area contributed by atoms with E-state index in [1.165, 1.54) is 0 Å². The molecule has 0 saturated heterocycles. The van der Waals surface area contributed by atoms with Crippen molar-refractivity contribution in [2.75, 3.05) is 6.54 Å². The Balaban J connectivity index is 2.46. The second-order valence-corrected chi connectivity index (χ2v) is 4.76. The summed E-state index contributed by atoms with van der Waals surface area (Å²) in [6, 6.07) is 7.39. The Bertz CT molecular complexity index is 455. The fourth-order valence-electron chi connectivity index (χ4n) is 1.65. The van der Waals surface area contributed by atoms with Gasteiger partial charge in [0.15, 0.2) is 6.10 Å². The van der Waals surface area contributed by atoms with Gasteiger partial charge in [-0.3, -0.25) is 9.59 Å². The van der Waals surface area contributed by atoms with Crippen LogP contribution < -0.4 is 10.1 Å². The van der Waals surface area contributed by atoms with Gasteiger partial charge in [0.2, 0.25) is 0 Å². The van der Waals surface area contributed by atoms with E-state index in [9.17, 15) is 9.59 Å². The highest BCUT2D eigenvalue weighted by atomic mass is 16.5. The van der Waals surface area contributed by atoms with E-state index < -0.39 is 18.0 Å². The van der Waals surface area contributed by atoms with E-state index in [0.29, 0.717) is 12.2 Å². The van der Waals surface area contributed by atoms with Crippen molar-refractivity contribution in [2.45, 2.75) is 33.3 Å². The third-order valence-corrected chi connectivity index (χ3v) is 3.07. The van der Waals surface area contributed by atoms with Crippen LogP contribution >= 0.6 is 0 Å². The largest absolute Gasteiger partial charge is 0.481 e. The first-order valence-corrected chi connectivity index (χ1v) is 6.67. The Kier molecular flexibility index (Phi) is 6.03. The summed E-state index contributed by atoms with van der Waals surface area (Å²) in [5.41, 5.74) is 1.11. The number of hydrogen-bond donors (Lipinski definition) is 2. The van der Waals surface area contributed by atoms with E-state index in [2.05, 4.69) is 5.32 Å². The van der Waals surface area contributed by atoms with E-state index in [4.69, 9.17) is 9.84 Å². The van der Waals surface area contributed by atoms with Crippen molar-refractivity contribution in [3.8, 4) is 5.75 Å². The molecule has 1 amide bonds. The fraction of sp³-hybridized carbons (Fsp3) is 0.467. The van der Waals surface area contributed by atoms with Gasteiger partial charge in [0.1, 0.15) is 5.75 Å². The number of carboxylic acids is 1. The van der Waals surface area contributed by atoms with E-state index in [0.717, 1.165) is 5.56 Å². The first-order valence-electron chi connectivity index (χ1n) is 6.67. The van der Waals surface area contributed by atoms with Crippen molar-refractivity contribution in [3.63, 3.8) is 0 Å². The highest BCUT2D eigenvalue weighted by molar-refractivity contribution is 5.81. The number of ether oxygens (including phenoxy) is 1. The number of carbonyl (C=O) groups excluding carboxylic acids is 1. The molecule has 1 aromatic rings. The summed E-state index contributed by atoms with van der Waals surface area (Å²) in [5, 5.41) is 11.5. The van der Waals surface area contributed by atoms with Crippen LogP contribution in [0, 0.1) is 12.8 Å². The molecule has 0 bridgehead atoms. The average Bonchev–Trinajstić information content (AvgIpc) is 2.41. The van der Waals surface area contributed by atoms with E-state index in [-0.39, 0.29) is 12.5 Å². The molecule has 1 rings (SSSR count). The van der Waals surface area contributed by atoms with Crippen LogP contribution in [0.5, 0.6) is 5.75 Å². The molecule has 0 aromatic heterocycles. The Morgan fingerprint density at radius 2 is 1.90 bits per heavy atom. The molecular formula is C15H21NO4. The molecule has 0 heterocycles. The Morgan fingerprint density at radius 3 is 2.40 bits per heavy atom.